The van der Waals surface area contributed by atoms with Crippen molar-refractivity contribution in [2.45, 2.75) is 32.7 Å². The van der Waals surface area contributed by atoms with Crippen molar-refractivity contribution < 1.29 is 9.90 Å². The van der Waals surface area contributed by atoms with E-state index in [0.717, 1.165) is 23.2 Å². The number of aliphatic hydroxyl groups excluding tert-OH is 1. The molecule has 25 heavy (non-hydrogen) atoms. The lowest BCUT2D eigenvalue weighted by atomic mass is 10.0. The fourth-order valence-electron chi connectivity index (χ4n) is 2.78. The molecule has 134 valence electrons. The Bertz CT molecular complexity index is 661. The van der Waals surface area contributed by atoms with Gasteiger partial charge in [-0.25, -0.2) is 4.79 Å². The van der Waals surface area contributed by atoms with Crippen molar-refractivity contribution in [3.05, 3.63) is 65.5 Å². The molecule has 0 bridgehead atoms. The number of nitrogens with one attached hydrogen (secondary N) is 2. The average Bonchev–Trinajstić information content (AvgIpc) is 2.64. The maximum atomic E-state index is 12.4. The summed E-state index contributed by atoms with van der Waals surface area (Å²) in [5, 5.41) is 15.0. The van der Waals surface area contributed by atoms with Crippen LogP contribution in [0.2, 0.25) is 0 Å². The van der Waals surface area contributed by atoms with E-state index in [2.05, 4.69) is 28.6 Å². The van der Waals surface area contributed by atoms with E-state index in [1.54, 1.807) is 6.20 Å². The van der Waals surface area contributed by atoms with E-state index in [-0.39, 0.29) is 24.6 Å². The molecule has 0 aliphatic rings. The first-order valence-electron chi connectivity index (χ1n) is 8.76. The zero-order valence-electron chi connectivity index (χ0n) is 14.9. The highest BCUT2D eigenvalue weighted by Gasteiger charge is 2.18. The number of hydrogen-bond donors (Lipinski definition) is 3. The van der Waals surface area contributed by atoms with Crippen LogP contribution in [0, 0.1) is 12.8 Å². The zero-order chi connectivity index (χ0) is 18.1. The van der Waals surface area contributed by atoms with Gasteiger partial charge in [0.15, 0.2) is 0 Å². The molecule has 2 unspecified atom stereocenters. The Morgan fingerprint density at radius 3 is 2.72 bits per heavy atom. The molecule has 2 rings (SSSR count). The summed E-state index contributed by atoms with van der Waals surface area (Å²) in [5.41, 5.74) is 2.93. The van der Waals surface area contributed by atoms with Gasteiger partial charge in [-0.15, -0.1) is 0 Å². The van der Waals surface area contributed by atoms with E-state index in [9.17, 15) is 4.79 Å². The molecule has 0 aliphatic carbocycles. The van der Waals surface area contributed by atoms with Crippen molar-refractivity contribution in [1.82, 2.24) is 15.6 Å². The third-order valence-electron chi connectivity index (χ3n) is 4.30. The molecule has 0 radical (unpaired) electrons. The predicted octanol–water partition coefficient (Wildman–Crippen LogP) is 3.19. The minimum atomic E-state index is -0.306. The molecule has 0 saturated heterocycles. The van der Waals surface area contributed by atoms with Crippen molar-refractivity contribution in [1.29, 1.82) is 0 Å². The summed E-state index contributed by atoms with van der Waals surface area (Å²) in [6.45, 7) is 4.77. The topological polar surface area (TPSA) is 74.2 Å². The lowest BCUT2D eigenvalue weighted by Gasteiger charge is -2.21. The molecule has 3 N–H and O–H groups in total. The number of amides is 2. The molecule has 1 aromatic heterocycles. The number of nitrogens with zero attached hydrogens (tertiary/aromatic N) is 1. The van der Waals surface area contributed by atoms with Crippen LogP contribution in [0.25, 0.3) is 0 Å². The lowest BCUT2D eigenvalue weighted by Crippen LogP contribution is -2.40. The van der Waals surface area contributed by atoms with Crippen LogP contribution in [-0.4, -0.2) is 29.3 Å². The molecule has 2 amide bonds. The van der Waals surface area contributed by atoms with E-state index < -0.39 is 0 Å². The average molecular weight is 341 g/mol. The molecule has 0 saturated carbocycles. The number of carbonyl (C=O) groups is 1. The third kappa shape index (κ3) is 5.87. The van der Waals surface area contributed by atoms with Crippen LogP contribution in [0.15, 0.2) is 48.7 Å². The van der Waals surface area contributed by atoms with E-state index >= 15 is 0 Å². The van der Waals surface area contributed by atoms with Crippen LogP contribution in [0.3, 0.4) is 0 Å². The van der Waals surface area contributed by atoms with Gasteiger partial charge >= 0.3 is 6.03 Å². The number of urea groups is 1. The normalized spacial score (nSPS) is 13.1. The first kappa shape index (κ1) is 18.9. The Hall–Kier alpha value is -2.40. The molecule has 1 heterocycles. The van der Waals surface area contributed by atoms with Gasteiger partial charge in [-0.1, -0.05) is 49.2 Å². The van der Waals surface area contributed by atoms with Crippen molar-refractivity contribution in [3.63, 3.8) is 0 Å². The van der Waals surface area contributed by atoms with Crippen molar-refractivity contribution in [3.8, 4) is 0 Å². The number of pyridine rings is 1. The summed E-state index contributed by atoms with van der Waals surface area (Å²) in [7, 11) is 0. The maximum Gasteiger partial charge on any atom is 0.315 e. The van der Waals surface area contributed by atoms with Crippen LogP contribution in [0.5, 0.6) is 0 Å². The van der Waals surface area contributed by atoms with Gasteiger partial charge in [0.05, 0.1) is 11.7 Å². The van der Waals surface area contributed by atoms with Gasteiger partial charge in [0, 0.05) is 19.3 Å². The van der Waals surface area contributed by atoms with Gasteiger partial charge in [0.25, 0.3) is 0 Å². The minimum absolute atomic E-state index is 0.141. The van der Waals surface area contributed by atoms with Gasteiger partial charge in [0.1, 0.15) is 0 Å². The molecule has 2 aromatic rings. The van der Waals surface area contributed by atoms with Crippen molar-refractivity contribution >= 4 is 6.03 Å². The standard InChI is InChI=1S/C20H27N3O2/c1-3-16(10-12-24)14-22-20(25)23-19(18-9-4-5-11-21-18)17-8-6-7-15(2)13-17/h4-9,11,13,16,19,24H,3,10,12,14H2,1-2H3,(H2,22,23,25). The third-order valence-corrected chi connectivity index (χ3v) is 4.30. The Kier molecular flexibility index (Phi) is 7.41. The van der Waals surface area contributed by atoms with E-state index in [0.29, 0.717) is 13.0 Å². The first-order valence-corrected chi connectivity index (χ1v) is 8.76. The summed E-state index contributed by atoms with van der Waals surface area (Å²) in [6.07, 6.45) is 3.34. The summed E-state index contributed by atoms with van der Waals surface area (Å²) >= 11 is 0. The lowest BCUT2D eigenvalue weighted by molar-refractivity contribution is 0.229. The largest absolute Gasteiger partial charge is 0.396 e. The molecule has 0 spiro atoms. The van der Waals surface area contributed by atoms with Gasteiger partial charge in [0.2, 0.25) is 0 Å². The number of aliphatic hydroxyl groups is 1. The summed E-state index contributed by atoms with van der Waals surface area (Å²) in [4.78, 5) is 16.8. The fourth-order valence-corrected chi connectivity index (χ4v) is 2.78. The Labute approximate surface area is 149 Å². The molecule has 0 aliphatic heterocycles. The van der Waals surface area contributed by atoms with Crippen LogP contribution >= 0.6 is 0 Å². The number of benzene rings is 1. The smallest absolute Gasteiger partial charge is 0.315 e. The Morgan fingerprint density at radius 1 is 1.24 bits per heavy atom. The molecule has 1 aromatic carbocycles. The minimum Gasteiger partial charge on any atom is -0.396 e. The Morgan fingerprint density at radius 2 is 2.08 bits per heavy atom. The van der Waals surface area contributed by atoms with Crippen LogP contribution < -0.4 is 10.6 Å². The van der Waals surface area contributed by atoms with E-state index in [1.807, 2.05) is 43.3 Å². The van der Waals surface area contributed by atoms with Crippen LogP contribution in [0.4, 0.5) is 4.79 Å². The second-order valence-electron chi connectivity index (χ2n) is 6.24. The van der Waals surface area contributed by atoms with Crippen molar-refractivity contribution in [2.24, 2.45) is 5.92 Å². The van der Waals surface area contributed by atoms with Gasteiger partial charge in [-0.2, -0.15) is 0 Å². The highest BCUT2D eigenvalue weighted by molar-refractivity contribution is 5.75. The summed E-state index contributed by atoms with van der Waals surface area (Å²) < 4.78 is 0. The monoisotopic (exact) mass is 341 g/mol. The summed E-state index contributed by atoms with van der Waals surface area (Å²) in [6, 6.07) is 13.2. The second-order valence-corrected chi connectivity index (χ2v) is 6.24. The number of rotatable bonds is 8. The van der Waals surface area contributed by atoms with Gasteiger partial charge in [-0.05, 0) is 37.0 Å². The highest BCUT2D eigenvalue weighted by Crippen LogP contribution is 2.21. The molecular formula is C20H27N3O2. The van der Waals surface area contributed by atoms with Crippen LogP contribution in [-0.2, 0) is 0 Å². The number of aromatic nitrogens is 1. The Balaban J connectivity index is 2.10. The zero-order valence-corrected chi connectivity index (χ0v) is 14.9. The molecule has 5 nitrogen and oxygen atoms in total. The molecular weight excluding hydrogens is 314 g/mol. The number of carbonyl (C=O) groups excluding carboxylic acids is 1. The highest BCUT2D eigenvalue weighted by atomic mass is 16.3. The van der Waals surface area contributed by atoms with Crippen LogP contribution in [0.1, 0.15) is 42.6 Å². The first-order chi connectivity index (χ1) is 12.1. The second kappa shape index (κ2) is 9.79. The summed E-state index contributed by atoms with van der Waals surface area (Å²) in [5.74, 6) is 0.281. The van der Waals surface area contributed by atoms with Gasteiger partial charge < -0.3 is 15.7 Å². The van der Waals surface area contributed by atoms with E-state index in [1.165, 1.54) is 0 Å². The molecule has 5 heteroatoms. The maximum absolute atomic E-state index is 12.4. The SMILES string of the molecule is CCC(CCO)CNC(=O)NC(c1cccc(C)c1)c1ccccn1. The fraction of sp³-hybridized carbons (Fsp3) is 0.400. The van der Waals surface area contributed by atoms with Gasteiger partial charge in [-0.3, -0.25) is 4.98 Å². The quantitative estimate of drug-likeness (QED) is 0.690. The van der Waals surface area contributed by atoms with Crippen molar-refractivity contribution in [2.75, 3.05) is 13.2 Å². The number of hydrogen-bond acceptors (Lipinski definition) is 3. The predicted molar refractivity (Wildman–Crippen MR) is 99.3 cm³/mol. The molecule has 0 fully saturated rings. The molecule has 2 atom stereocenters. The number of aryl methyl sites for hydroxylation is 1. The van der Waals surface area contributed by atoms with E-state index in [4.69, 9.17) is 5.11 Å².